The van der Waals surface area contributed by atoms with Crippen molar-refractivity contribution in [2.45, 2.75) is 45.7 Å². The van der Waals surface area contributed by atoms with Crippen LogP contribution >= 0.6 is 0 Å². The van der Waals surface area contributed by atoms with E-state index < -0.39 is 0 Å². The maximum absolute atomic E-state index is 13.4. The van der Waals surface area contributed by atoms with Gasteiger partial charge in [-0.05, 0) is 51.8 Å². The van der Waals surface area contributed by atoms with Crippen LogP contribution in [0.2, 0.25) is 0 Å². The predicted molar refractivity (Wildman–Crippen MR) is 91.8 cm³/mol. The minimum atomic E-state index is -0.299. The summed E-state index contributed by atoms with van der Waals surface area (Å²) in [5.74, 6) is 0.460. The molecule has 0 spiro atoms. The number of hydrogen-bond donors (Lipinski definition) is 1. The van der Waals surface area contributed by atoms with E-state index >= 15 is 0 Å². The number of rotatable bonds is 4. The number of carbonyl (C=O) groups is 1. The number of carbonyl (C=O) groups excluding carboxylic acids is 1. The normalized spacial score (nSPS) is 18.3. The number of nitrogens with zero attached hydrogens (tertiary/aromatic N) is 3. The second kappa shape index (κ2) is 6.63. The third kappa shape index (κ3) is 3.27. The first kappa shape index (κ1) is 16.5. The molecule has 0 saturated carbocycles. The molecule has 24 heavy (non-hydrogen) atoms. The highest BCUT2D eigenvalue weighted by molar-refractivity contribution is 5.85. The summed E-state index contributed by atoms with van der Waals surface area (Å²) in [4.78, 5) is 14.5. The number of anilines is 1. The van der Waals surface area contributed by atoms with E-state index in [-0.39, 0.29) is 23.8 Å². The van der Waals surface area contributed by atoms with Gasteiger partial charge in [0.1, 0.15) is 17.7 Å². The number of aryl methyl sites for hydroxylation is 1. The Bertz CT molecular complexity index is 740. The Morgan fingerprint density at radius 3 is 2.83 bits per heavy atom. The van der Waals surface area contributed by atoms with Crippen LogP contribution in [0.25, 0.3) is 5.69 Å². The first-order valence-electron chi connectivity index (χ1n) is 8.35. The van der Waals surface area contributed by atoms with Crippen molar-refractivity contribution in [3.8, 4) is 5.69 Å². The van der Waals surface area contributed by atoms with Gasteiger partial charge in [0, 0.05) is 24.3 Å². The summed E-state index contributed by atoms with van der Waals surface area (Å²) in [5.41, 5.74) is 1.55. The Morgan fingerprint density at radius 1 is 1.33 bits per heavy atom. The van der Waals surface area contributed by atoms with Crippen molar-refractivity contribution < 1.29 is 9.18 Å². The van der Waals surface area contributed by atoms with Crippen LogP contribution in [0.4, 0.5) is 10.2 Å². The number of nitrogens with one attached hydrogen (secondary N) is 1. The fourth-order valence-corrected chi connectivity index (χ4v) is 3.14. The minimum Gasteiger partial charge on any atom is -0.357 e. The zero-order chi connectivity index (χ0) is 17.3. The topological polar surface area (TPSA) is 50.2 Å². The van der Waals surface area contributed by atoms with Crippen LogP contribution in [0, 0.1) is 12.7 Å². The number of aromatic nitrogens is 2. The van der Waals surface area contributed by atoms with Gasteiger partial charge >= 0.3 is 0 Å². The van der Waals surface area contributed by atoms with Gasteiger partial charge in [-0.15, -0.1) is 0 Å². The van der Waals surface area contributed by atoms with Crippen LogP contribution in [0.1, 0.15) is 32.4 Å². The quantitative estimate of drug-likeness (QED) is 0.937. The van der Waals surface area contributed by atoms with Crippen LogP contribution in [0.3, 0.4) is 0 Å². The molecular weight excluding hydrogens is 307 g/mol. The molecule has 1 aliphatic rings. The first-order valence-corrected chi connectivity index (χ1v) is 8.35. The lowest BCUT2D eigenvalue weighted by molar-refractivity contribution is -0.136. The smallest absolute Gasteiger partial charge is 0.245 e. The zero-order valence-corrected chi connectivity index (χ0v) is 14.3. The van der Waals surface area contributed by atoms with E-state index in [1.807, 2.05) is 31.7 Å². The third-order valence-electron chi connectivity index (χ3n) is 4.36. The molecule has 1 aliphatic heterocycles. The standard InChI is InChI=1S/C18H23FN4O/c1-12(2)22-9-5-8-16(18(22)24)20-17-10-13(3)23(21-17)15-7-4-6-14(19)11-15/h4,6-7,10-12,16H,5,8-9H2,1-3H3,(H,20,21). The van der Waals surface area contributed by atoms with Crippen molar-refractivity contribution in [1.82, 2.24) is 14.7 Å². The third-order valence-corrected chi connectivity index (χ3v) is 4.36. The first-order chi connectivity index (χ1) is 11.5. The molecule has 2 aromatic rings. The van der Waals surface area contributed by atoms with E-state index in [1.165, 1.54) is 12.1 Å². The maximum Gasteiger partial charge on any atom is 0.245 e. The lowest BCUT2D eigenvalue weighted by Crippen LogP contribution is -2.50. The van der Waals surface area contributed by atoms with Gasteiger partial charge in [-0.2, -0.15) is 5.10 Å². The van der Waals surface area contributed by atoms with Crippen LogP contribution in [-0.2, 0) is 4.79 Å². The molecule has 6 heteroatoms. The SMILES string of the molecule is Cc1cc(NC2CCCN(C(C)C)C2=O)nn1-c1cccc(F)c1. The lowest BCUT2D eigenvalue weighted by atomic mass is 10.0. The molecule has 1 unspecified atom stereocenters. The van der Waals surface area contributed by atoms with Gasteiger partial charge in [-0.3, -0.25) is 4.79 Å². The number of hydrogen-bond acceptors (Lipinski definition) is 3. The Hall–Kier alpha value is -2.37. The van der Waals surface area contributed by atoms with Crippen molar-refractivity contribution in [2.75, 3.05) is 11.9 Å². The van der Waals surface area contributed by atoms with Crippen molar-refractivity contribution in [2.24, 2.45) is 0 Å². The summed E-state index contributed by atoms with van der Waals surface area (Å²) in [6.45, 7) is 6.78. The van der Waals surface area contributed by atoms with Gasteiger partial charge in [0.15, 0.2) is 0 Å². The summed E-state index contributed by atoms with van der Waals surface area (Å²) < 4.78 is 15.1. The van der Waals surface area contributed by atoms with Gasteiger partial charge in [0.2, 0.25) is 5.91 Å². The van der Waals surface area contributed by atoms with Crippen LogP contribution < -0.4 is 5.32 Å². The Balaban J connectivity index is 1.79. The molecule has 2 heterocycles. The Morgan fingerprint density at radius 2 is 2.12 bits per heavy atom. The van der Waals surface area contributed by atoms with E-state index in [0.29, 0.717) is 11.5 Å². The predicted octanol–water partition coefficient (Wildman–Crippen LogP) is 3.13. The molecule has 0 bridgehead atoms. The van der Waals surface area contributed by atoms with Crippen LogP contribution in [0.5, 0.6) is 0 Å². The van der Waals surface area contributed by atoms with E-state index in [9.17, 15) is 9.18 Å². The Labute approximate surface area is 141 Å². The van der Waals surface area contributed by atoms with Gasteiger partial charge in [-0.25, -0.2) is 9.07 Å². The van der Waals surface area contributed by atoms with Gasteiger partial charge in [-0.1, -0.05) is 6.07 Å². The van der Waals surface area contributed by atoms with Gasteiger partial charge < -0.3 is 10.2 Å². The number of piperidine rings is 1. The molecule has 1 aromatic heterocycles. The molecule has 0 aliphatic carbocycles. The molecule has 5 nitrogen and oxygen atoms in total. The molecule has 128 valence electrons. The number of amides is 1. The van der Waals surface area contributed by atoms with Gasteiger partial charge in [0.25, 0.3) is 0 Å². The number of benzene rings is 1. The highest BCUT2D eigenvalue weighted by Gasteiger charge is 2.30. The second-order valence-corrected chi connectivity index (χ2v) is 6.53. The summed E-state index contributed by atoms with van der Waals surface area (Å²) in [5, 5.41) is 7.73. The number of likely N-dealkylation sites (tertiary alicyclic amines) is 1. The fraction of sp³-hybridized carbons (Fsp3) is 0.444. The largest absolute Gasteiger partial charge is 0.357 e. The van der Waals surface area contributed by atoms with E-state index in [4.69, 9.17) is 0 Å². The van der Waals surface area contributed by atoms with Crippen molar-refractivity contribution in [1.29, 1.82) is 0 Å². The highest BCUT2D eigenvalue weighted by atomic mass is 19.1. The molecule has 3 rings (SSSR count). The number of halogens is 1. The van der Waals surface area contributed by atoms with E-state index in [0.717, 1.165) is 25.1 Å². The van der Waals surface area contributed by atoms with Crippen LogP contribution in [0.15, 0.2) is 30.3 Å². The Kier molecular flexibility index (Phi) is 4.55. The maximum atomic E-state index is 13.4. The van der Waals surface area contributed by atoms with E-state index in [1.54, 1.807) is 16.8 Å². The average molecular weight is 330 g/mol. The van der Waals surface area contributed by atoms with Gasteiger partial charge in [0.05, 0.1) is 5.69 Å². The van der Waals surface area contributed by atoms with Crippen molar-refractivity contribution in [3.63, 3.8) is 0 Å². The fourth-order valence-electron chi connectivity index (χ4n) is 3.14. The summed E-state index contributed by atoms with van der Waals surface area (Å²) in [6.07, 6.45) is 1.78. The van der Waals surface area contributed by atoms with Crippen molar-refractivity contribution in [3.05, 3.63) is 41.8 Å². The summed E-state index contributed by atoms with van der Waals surface area (Å²) in [6, 6.07) is 8.14. The molecular formula is C18H23FN4O. The molecule has 1 amide bonds. The lowest BCUT2D eigenvalue weighted by Gasteiger charge is -2.35. The average Bonchev–Trinajstić information content (AvgIpc) is 2.89. The zero-order valence-electron chi connectivity index (χ0n) is 14.3. The monoisotopic (exact) mass is 330 g/mol. The van der Waals surface area contributed by atoms with E-state index in [2.05, 4.69) is 10.4 Å². The molecule has 1 atom stereocenters. The molecule has 1 fully saturated rings. The molecule has 1 saturated heterocycles. The van der Waals surface area contributed by atoms with Crippen LogP contribution in [-0.4, -0.2) is 39.2 Å². The molecule has 1 aromatic carbocycles. The molecule has 1 N–H and O–H groups in total. The molecule has 0 radical (unpaired) electrons. The second-order valence-electron chi connectivity index (χ2n) is 6.53. The summed E-state index contributed by atoms with van der Waals surface area (Å²) in [7, 11) is 0. The van der Waals surface area contributed by atoms with Crippen molar-refractivity contribution >= 4 is 11.7 Å². The highest BCUT2D eigenvalue weighted by Crippen LogP contribution is 2.21. The minimum absolute atomic E-state index is 0.120. The summed E-state index contributed by atoms with van der Waals surface area (Å²) >= 11 is 0.